The van der Waals surface area contributed by atoms with Crippen molar-refractivity contribution in [3.05, 3.63) is 0 Å². The lowest BCUT2D eigenvalue weighted by Crippen LogP contribution is -2.51. The van der Waals surface area contributed by atoms with Crippen LogP contribution in [0.4, 0.5) is 4.79 Å². The Morgan fingerprint density at radius 3 is 2.33 bits per heavy atom. The Hall–Kier alpha value is -1.30. The molecule has 0 aromatic heterocycles. The third-order valence-electron chi connectivity index (χ3n) is 5.00. The van der Waals surface area contributed by atoms with E-state index in [-0.39, 0.29) is 24.0 Å². The lowest BCUT2D eigenvalue weighted by Gasteiger charge is -2.33. The van der Waals surface area contributed by atoms with Gasteiger partial charge in [-0.15, -0.1) is 0 Å². The Labute approximate surface area is 127 Å². The standard InChI is InChI=1S/C15H29N3O3/c1-11(2)15(12(19)20)7-8-18(10-15)13(21)16-9-14(3,4)17(5)6/h11H,7-10H2,1-6H3,(H,16,21)(H,19,20). The molecule has 1 fully saturated rings. The van der Waals surface area contributed by atoms with E-state index in [1.54, 1.807) is 4.90 Å². The van der Waals surface area contributed by atoms with Crippen LogP contribution in [0.25, 0.3) is 0 Å². The fraction of sp³-hybridized carbons (Fsp3) is 0.867. The molecule has 21 heavy (non-hydrogen) atoms. The number of nitrogens with zero attached hydrogens (tertiary/aromatic N) is 2. The molecule has 0 aliphatic carbocycles. The summed E-state index contributed by atoms with van der Waals surface area (Å²) in [5.74, 6) is -0.799. The molecule has 0 aromatic carbocycles. The van der Waals surface area contributed by atoms with E-state index in [1.165, 1.54) is 0 Å². The van der Waals surface area contributed by atoms with Crippen molar-refractivity contribution in [3.8, 4) is 0 Å². The summed E-state index contributed by atoms with van der Waals surface area (Å²) < 4.78 is 0. The van der Waals surface area contributed by atoms with Gasteiger partial charge in [-0.3, -0.25) is 4.79 Å². The number of likely N-dealkylation sites (N-methyl/N-ethyl adjacent to an activating group) is 1. The van der Waals surface area contributed by atoms with Crippen LogP contribution >= 0.6 is 0 Å². The number of carbonyl (C=O) groups excluding carboxylic acids is 1. The molecule has 6 nitrogen and oxygen atoms in total. The lowest BCUT2D eigenvalue weighted by molar-refractivity contribution is -0.150. The van der Waals surface area contributed by atoms with E-state index in [4.69, 9.17) is 0 Å². The number of urea groups is 1. The van der Waals surface area contributed by atoms with Crippen LogP contribution in [0, 0.1) is 11.3 Å². The first kappa shape index (κ1) is 17.8. The zero-order valence-electron chi connectivity index (χ0n) is 14.1. The van der Waals surface area contributed by atoms with Gasteiger partial charge in [-0.2, -0.15) is 0 Å². The molecular formula is C15H29N3O3. The van der Waals surface area contributed by atoms with Gasteiger partial charge < -0.3 is 20.2 Å². The van der Waals surface area contributed by atoms with E-state index in [9.17, 15) is 14.7 Å². The maximum Gasteiger partial charge on any atom is 0.317 e. The Balaban J connectivity index is 2.65. The van der Waals surface area contributed by atoms with Crippen molar-refractivity contribution in [2.45, 2.75) is 39.7 Å². The second-order valence-electron chi connectivity index (χ2n) is 7.15. The predicted molar refractivity (Wildman–Crippen MR) is 82.3 cm³/mol. The van der Waals surface area contributed by atoms with E-state index in [2.05, 4.69) is 5.32 Å². The second-order valence-corrected chi connectivity index (χ2v) is 7.15. The van der Waals surface area contributed by atoms with Crippen molar-refractivity contribution in [2.75, 3.05) is 33.7 Å². The molecule has 1 aliphatic heterocycles. The minimum Gasteiger partial charge on any atom is -0.481 e. The van der Waals surface area contributed by atoms with Crippen LogP contribution in [0.1, 0.15) is 34.1 Å². The van der Waals surface area contributed by atoms with Gasteiger partial charge >= 0.3 is 12.0 Å². The highest BCUT2D eigenvalue weighted by molar-refractivity contribution is 5.80. The Kier molecular flexibility index (Phi) is 5.25. The Bertz CT molecular complexity index is 407. The molecule has 1 heterocycles. The summed E-state index contributed by atoms with van der Waals surface area (Å²) in [6.45, 7) is 9.22. The number of carboxylic acid groups (broad SMARTS) is 1. The normalized spacial score (nSPS) is 23.0. The topological polar surface area (TPSA) is 72.9 Å². The van der Waals surface area contributed by atoms with Gasteiger partial charge in [0, 0.05) is 25.2 Å². The fourth-order valence-corrected chi connectivity index (χ4v) is 2.46. The van der Waals surface area contributed by atoms with E-state index in [0.717, 1.165) is 0 Å². The number of hydrogen-bond donors (Lipinski definition) is 2. The zero-order valence-corrected chi connectivity index (χ0v) is 14.1. The summed E-state index contributed by atoms with van der Waals surface area (Å²) >= 11 is 0. The molecule has 0 aromatic rings. The minimum absolute atomic E-state index is 0.00557. The smallest absolute Gasteiger partial charge is 0.317 e. The van der Waals surface area contributed by atoms with Gasteiger partial charge in [0.1, 0.15) is 0 Å². The van der Waals surface area contributed by atoms with Crippen LogP contribution in [-0.4, -0.2) is 66.2 Å². The van der Waals surface area contributed by atoms with Crippen LogP contribution in [0.2, 0.25) is 0 Å². The van der Waals surface area contributed by atoms with Gasteiger partial charge in [0.25, 0.3) is 0 Å². The van der Waals surface area contributed by atoms with Crippen LogP contribution in [0.5, 0.6) is 0 Å². The van der Waals surface area contributed by atoms with Crippen molar-refractivity contribution in [2.24, 2.45) is 11.3 Å². The van der Waals surface area contributed by atoms with Crippen molar-refractivity contribution < 1.29 is 14.7 Å². The van der Waals surface area contributed by atoms with Gasteiger partial charge in [-0.25, -0.2) is 4.79 Å². The maximum atomic E-state index is 12.3. The molecule has 0 bridgehead atoms. The quantitative estimate of drug-likeness (QED) is 0.806. The van der Waals surface area contributed by atoms with Gasteiger partial charge in [0.15, 0.2) is 0 Å². The number of nitrogens with one attached hydrogen (secondary N) is 1. The summed E-state index contributed by atoms with van der Waals surface area (Å²) in [5, 5.41) is 12.4. The van der Waals surface area contributed by atoms with Crippen LogP contribution < -0.4 is 5.32 Å². The number of rotatable bonds is 5. The number of aliphatic carboxylic acids is 1. The molecule has 0 spiro atoms. The first-order chi connectivity index (χ1) is 9.53. The molecule has 1 aliphatic rings. The lowest BCUT2D eigenvalue weighted by atomic mass is 9.76. The number of carbonyl (C=O) groups is 2. The third-order valence-corrected chi connectivity index (χ3v) is 5.00. The van der Waals surface area contributed by atoms with Crippen LogP contribution in [0.15, 0.2) is 0 Å². The van der Waals surface area contributed by atoms with Crippen LogP contribution in [-0.2, 0) is 4.79 Å². The minimum atomic E-state index is -0.811. The van der Waals surface area contributed by atoms with E-state index >= 15 is 0 Å². The van der Waals surface area contributed by atoms with Gasteiger partial charge in [0.2, 0.25) is 0 Å². The van der Waals surface area contributed by atoms with Gasteiger partial charge in [-0.1, -0.05) is 13.8 Å². The molecule has 2 N–H and O–H groups in total. The van der Waals surface area contributed by atoms with E-state index in [1.807, 2.05) is 46.7 Å². The number of amides is 2. The average Bonchev–Trinajstić information content (AvgIpc) is 2.82. The first-order valence-corrected chi connectivity index (χ1v) is 7.46. The van der Waals surface area contributed by atoms with Crippen molar-refractivity contribution >= 4 is 12.0 Å². The summed E-state index contributed by atoms with van der Waals surface area (Å²) in [6.07, 6.45) is 0.518. The molecule has 1 atom stereocenters. The molecule has 6 heteroatoms. The van der Waals surface area contributed by atoms with E-state index in [0.29, 0.717) is 19.5 Å². The number of carboxylic acids is 1. The molecular weight excluding hydrogens is 270 g/mol. The molecule has 1 saturated heterocycles. The van der Waals surface area contributed by atoms with Crippen molar-refractivity contribution in [3.63, 3.8) is 0 Å². The van der Waals surface area contributed by atoms with Crippen molar-refractivity contribution in [1.29, 1.82) is 0 Å². The molecule has 1 unspecified atom stereocenters. The summed E-state index contributed by atoms with van der Waals surface area (Å²) in [4.78, 5) is 27.5. The fourth-order valence-electron chi connectivity index (χ4n) is 2.46. The number of likely N-dealkylation sites (tertiary alicyclic amines) is 1. The zero-order chi connectivity index (χ0) is 16.4. The van der Waals surface area contributed by atoms with E-state index < -0.39 is 11.4 Å². The predicted octanol–water partition coefficient (Wildman–Crippen LogP) is 1.47. The summed E-state index contributed by atoms with van der Waals surface area (Å²) in [6, 6.07) is -0.172. The second kappa shape index (κ2) is 6.22. The molecule has 1 rings (SSSR count). The third kappa shape index (κ3) is 3.67. The molecule has 2 amide bonds. The monoisotopic (exact) mass is 299 g/mol. The Morgan fingerprint density at radius 2 is 1.95 bits per heavy atom. The molecule has 0 saturated carbocycles. The van der Waals surface area contributed by atoms with Crippen LogP contribution in [0.3, 0.4) is 0 Å². The largest absolute Gasteiger partial charge is 0.481 e. The number of hydrogen-bond acceptors (Lipinski definition) is 3. The molecule has 122 valence electrons. The Morgan fingerprint density at radius 1 is 1.38 bits per heavy atom. The summed E-state index contributed by atoms with van der Waals surface area (Å²) in [5.41, 5.74) is -0.953. The summed E-state index contributed by atoms with van der Waals surface area (Å²) in [7, 11) is 3.94. The highest BCUT2D eigenvalue weighted by Gasteiger charge is 2.48. The van der Waals surface area contributed by atoms with Crippen molar-refractivity contribution in [1.82, 2.24) is 15.1 Å². The molecule has 0 radical (unpaired) electrons. The highest BCUT2D eigenvalue weighted by atomic mass is 16.4. The van der Waals surface area contributed by atoms with Gasteiger partial charge in [-0.05, 0) is 40.3 Å². The highest BCUT2D eigenvalue weighted by Crippen LogP contribution is 2.38. The average molecular weight is 299 g/mol. The maximum absolute atomic E-state index is 12.3. The van der Waals surface area contributed by atoms with Gasteiger partial charge in [0.05, 0.1) is 5.41 Å². The SMILES string of the molecule is CC(C)C1(C(=O)O)CCN(C(=O)NCC(C)(C)N(C)C)C1. The first-order valence-electron chi connectivity index (χ1n) is 7.46.